The van der Waals surface area contributed by atoms with Crippen LogP contribution in [0.4, 0.5) is 17.3 Å². The normalized spacial score (nSPS) is 9.98. The summed E-state index contributed by atoms with van der Waals surface area (Å²) in [5.74, 6) is 0.421. The molecule has 12 heteroatoms. The van der Waals surface area contributed by atoms with Gasteiger partial charge in [0.25, 0.3) is 11.5 Å². The molecule has 0 saturated carbocycles. The van der Waals surface area contributed by atoms with E-state index in [0.717, 1.165) is 23.5 Å². The first-order chi connectivity index (χ1) is 21.4. The van der Waals surface area contributed by atoms with Crippen LogP contribution in [0.25, 0.3) is 16.6 Å². The molecule has 0 aliphatic carbocycles. The molecule has 3 aromatic carbocycles. The second-order valence-electron chi connectivity index (χ2n) is 9.08. The third-order valence-electron chi connectivity index (χ3n) is 6.27. The zero-order chi connectivity index (χ0) is 32.1. The zero-order valence-corrected chi connectivity index (χ0v) is 24.8. The predicted molar refractivity (Wildman–Crippen MR) is 171 cm³/mol. The minimum atomic E-state index is -0.561. The van der Waals surface area contributed by atoms with Crippen LogP contribution in [0.2, 0.25) is 0 Å². The van der Waals surface area contributed by atoms with Crippen molar-refractivity contribution >= 4 is 34.1 Å². The first-order valence-electron chi connectivity index (χ1n) is 14.0. The molecule has 226 valence electrons. The number of anilines is 3. The molecule has 0 bridgehead atoms. The summed E-state index contributed by atoms with van der Waals surface area (Å²) in [7, 11) is 0. The van der Waals surface area contributed by atoms with Crippen molar-refractivity contribution in [3.63, 3.8) is 0 Å². The molecule has 0 saturated heterocycles. The average Bonchev–Trinajstić information content (AvgIpc) is 3.05. The topological polar surface area (TPSA) is 198 Å². The van der Waals surface area contributed by atoms with Crippen molar-refractivity contribution in [2.75, 3.05) is 16.8 Å². The molecule has 0 unspecified atom stereocenters. The van der Waals surface area contributed by atoms with Crippen molar-refractivity contribution in [1.29, 1.82) is 5.26 Å². The summed E-state index contributed by atoms with van der Waals surface area (Å²) in [5.41, 5.74) is 15.6. The summed E-state index contributed by atoms with van der Waals surface area (Å²) < 4.78 is 1.69. The van der Waals surface area contributed by atoms with Crippen LogP contribution in [0.15, 0.2) is 83.9 Å². The Balaban J connectivity index is 0.000000372. The van der Waals surface area contributed by atoms with Crippen molar-refractivity contribution in [1.82, 2.24) is 25.0 Å². The number of nitriles is 1. The van der Waals surface area contributed by atoms with E-state index >= 15 is 0 Å². The van der Waals surface area contributed by atoms with Gasteiger partial charge in [-0.15, -0.1) is 0 Å². The number of nitrogens with one attached hydrogen (secondary N) is 2. The molecule has 5 aromatic rings. The molecule has 0 aliphatic rings. The number of carbonyl (C=O) groups is 1. The van der Waals surface area contributed by atoms with Gasteiger partial charge in [0.15, 0.2) is 0 Å². The maximum absolute atomic E-state index is 13.6. The fraction of sp³-hybridized carbons (Fsp3) is 0.188. The number of fused-ring (bicyclic) bond motifs is 1. The lowest BCUT2D eigenvalue weighted by Crippen LogP contribution is -2.24. The number of nitrogens with two attached hydrogens (primary N) is 2. The molecule has 0 fully saturated rings. The molecule has 0 atom stereocenters. The molecular formula is C32H35N9O3. The number of benzene rings is 3. The molecule has 5 rings (SSSR count). The maximum Gasteiger partial charge on any atom is 0.274 e. The van der Waals surface area contributed by atoms with Gasteiger partial charge in [0, 0.05) is 24.2 Å². The molecular weight excluding hydrogens is 558 g/mol. The molecule has 1 amide bonds. The van der Waals surface area contributed by atoms with Crippen molar-refractivity contribution in [2.45, 2.75) is 40.2 Å². The Hall–Kier alpha value is -5.80. The van der Waals surface area contributed by atoms with Crippen LogP contribution in [0.3, 0.4) is 0 Å². The van der Waals surface area contributed by atoms with Crippen molar-refractivity contribution in [3.05, 3.63) is 112 Å². The first-order valence-corrected chi connectivity index (χ1v) is 14.0. The smallest absolute Gasteiger partial charge is 0.274 e. The number of para-hydroxylation sites is 1. The highest BCUT2D eigenvalue weighted by Crippen LogP contribution is 2.22. The van der Waals surface area contributed by atoms with Crippen LogP contribution < -0.4 is 27.8 Å². The van der Waals surface area contributed by atoms with Crippen LogP contribution in [-0.2, 0) is 13.0 Å². The number of carbonyl (C=O) groups excluding carboxylic acids is 1. The van der Waals surface area contributed by atoms with E-state index in [9.17, 15) is 9.59 Å². The molecule has 44 heavy (non-hydrogen) atoms. The van der Waals surface area contributed by atoms with Gasteiger partial charge in [-0.1, -0.05) is 57.2 Å². The summed E-state index contributed by atoms with van der Waals surface area (Å²) in [6.07, 6.45) is 2.80. The summed E-state index contributed by atoms with van der Waals surface area (Å²) in [6, 6.07) is 23.8. The number of amides is 1. The molecule has 12 nitrogen and oxygen atoms in total. The lowest BCUT2D eigenvalue weighted by Gasteiger charge is -2.15. The SMILES string of the molecule is CC.CCCc1nc2cccc(NCc3ccc(C(=O)NO)cc3)c2c(=O)n1-c1ccccc1.N#Cc1c(N)ncnc1N. The Morgan fingerprint density at radius 1 is 0.977 bits per heavy atom. The quantitative estimate of drug-likeness (QED) is 0.131. The number of hydroxylamine groups is 1. The fourth-order valence-electron chi connectivity index (χ4n) is 4.22. The second-order valence-corrected chi connectivity index (χ2v) is 9.08. The standard InChI is InChI=1S/C25H24N4O3.C5H5N5.C2H6/c1-2-7-22-27-21-11-6-10-20(23(21)25(31)29(22)19-8-4-3-5-9-19)26-16-17-12-14-18(15-13-17)24(30)28-32;6-1-3-4(7)9-2-10-5(3)8;1-2/h3-6,8-15,26,32H,2,7,16H2,1H3,(H,28,30);2H,(H4,7,8,9,10);1-2H3. The third kappa shape index (κ3) is 7.72. The summed E-state index contributed by atoms with van der Waals surface area (Å²) in [4.78, 5) is 37.1. The number of nitrogens with zero attached hydrogens (tertiary/aromatic N) is 5. The second kappa shape index (κ2) is 16.0. The van der Waals surface area contributed by atoms with Gasteiger partial charge in [0.05, 0.1) is 16.6 Å². The first kappa shape index (κ1) is 32.7. The van der Waals surface area contributed by atoms with E-state index in [0.29, 0.717) is 35.1 Å². The number of rotatable bonds is 7. The molecule has 2 aromatic heterocycles. The van der Waals surface area contributed by atoms with Crippen LogP contribution in [0, 0.1) is 11.3 Å². The number of aromatic nitrogens is 4. The lowest BCUT2D eigenvalue weighted by atomic mass is 10.1. The van der Waals surface area contributed by atoms with E-state index in [1.54, 1.807) is 40.4 Å². The van der Waals surface area contributed by atoms with E-state index in [4.69, 9.17) is 26.9 Å². The van der Waals surface area contributed by atoms with Crippen molar-refractivity contribution in [3.8, 4) is 11.8 Å². The summed E-state index contributed by atoms with van der Waals surface area (Å²) in [6.45, 7) is 6.53. The van der Waals surface area contributed by atoms with Gasteiger partial charge in [-0.2, -0.15) is 5.26 Å². The highest BCUT2D eigenvalue weighted by molar-refractivity contribution is 5.93. The predicted octanol–water partition coefficient (Wildman–Crippen LogP) is 4.61. The van der Waals surface area contributed by atoms with Crippen molar-refractivity contribution in [2.24, 2.45) is 0 Å². The van der Waals surface area contributed by atoms with Crippen LogP contribution in [0.5, 0.6) is 0 Å². The van der Waals surface area contributed by atoms with E-state index in [1.807, 2.05) is 62.4 Å². The van der Waals surface area contributed by atoms with Gasteiger partial charge in [-0.05, 0) is 48.4 Å². The van der Waals surface area contributed by atoms with Crippen LogP contribution >= 0.6 is 0 Å². The highest BCUT2D eigenvalue weighted by Gasteiger charge is 2.15. The maximum atomic E-state index is 13.6. The molecule has 0 spiro atoms. The number of hydrogen-bond donors (Lipinski definition) is 5. The number of nitrogen functional groups attached to an aromatic ring is 2. The Bertz CT molecular complexity index is 1780. The molecule has 0 radical (unpaired) electrons. The van der Waals surface area contributed by atoms with Crippen LogP contribution in [-0.4, -0.2) is 30.6 Å². The molecule has 7 N–H and O–H groups in total. The molecule has 2 heterocycles. The van der Waals surface area contributed by atoms with E-state index < -0.39 is 5.91 Å². The van der Waals surface area contributed by atoms with E-state index in [1.165, 1.54) is 6.33 Å². The van der Waals surface area contributed by atoms with E-state index in [-0.39, 0.29) is 22.8 Å². The van der Waals surface area contributed by atoms with Gasteiger partial charge >= 0.3 is 0 Å². The molecule has 0 aliphatic heterocycles. The van der Waals surface area contributed by atoms with Crippen molar-refractivity contribution < 1.29 is 10.0 Å². The third-order valence-corrected chi connectivity index (χ3v) is 6.27. The van der Waals surface area contributed by atoms with Crippen LogP contribution in [0.1, 0.15) is 54.5 Å². The Morgan fingerprint density at radius 3 is 2.20 bits per heavy atom. The summed E-state index contributed by atoms with van der Waals surface area (Å²) in [5, 5.41) is 21.0. The summed E-state index contributed by atoms with van der Waals surface area (Å²) >= 11 is 0. The van der Waals surface area contributed by atoms with E-state index in [2.05, 4.69) is 22.2 Å². The minimum absolute atomic E-state index is 0.109. The monoisotopic (exact) mass is 593 g/mol. The van der Waals surface area contributed by atoms with Gasteiger partial charge in [0.1, 0.15) is 35.4 Å². The van der Waals surface area contributed by atoms with Gasteiger partial charge < -0.3 is 16.8 Å². The van der Waals surface area contributed by atoms with Gasteiger partial charge in [-0.3, -0.25) is 19.4 Å². The number of hydrogen-bond acceptors (Lipinski definition) is 10. The highest BCUT2D eigenvalue weighted by atomic mass is 16.5. The largest absolute Gasteiger partial charge is 0.382 e. The minimum Gasteiger partial charge on any atom is -0.382 e. The van der Waals surface area contributed by atoms with Gasteiger partial charge in [0.2, 0.25) is 0 Å². The Morgan fingerprint density at radius 2 is 1.64 bits per heavy atom. The lowest BCUT2D eigenvalue weighted by molar-refractivity contribution is 0.0706. The number of aryl methyl sites for hydroxylation is 1. The Kier molecular flexibility index (Phi) is 11.9. The average molecular weight is 594 g/mol. The van der Waals surface area contributed by atoms with Gasteiger partial charge in [-0.25, -0.2) is 20.4 Å². The fourth-order valence-corrected chi connectivity index (χ4v) is 4.22. The zero-order valence-electron chi connectivity index (χ0n) is 24.8. The Labute approximate surface area is 255 Å².